The molecule has 72 heavy (non-hydrogen) atoms. The van der Waals surface area contributed by atoms with Crippen LogP contribution in [0.15, 0.2) is 24.3 Å². The number of rotatable bonds is 62. The van der Waals surface area contributed by atoms with E-state index in [2.05, 4.69) is 45.1 Å². The molecule has 1 unspecified atom stereocenters. The zero-order valence-electron chi connectivity index (χ0n) is 49.2. The molecular formula is C67H128O5. The van der Waals surface area contributed by atoms with E-state index in [0.29, 0.717) is 26.1 Å². The first-order chi connectivity index (χ1) is 35.6. The van der Waals surface area contributed by atoms with Crippen molar-refractivity contribution in [2.24, 2.45) is 0 Å². The molecule has 0 aromatic carbocycles. The second-order valence-electron chi connectivity index (χ2n) is 22.4. The second kappa shape index (κ2) is 63.7. The van der Waals surface area contributed by atoms with Crippen LogP contribution in [-0.2, 0) is 23.8 Å². The van der Waals surface area contributed by atoms with Gasteiger partial charge in [0.2, 0.25) is 0 Å². The van der Waals surface area contributed by atoms with Gasteiger partial charge in [0.15, 0.2) is 6.10 Å². The van der Waals surface area contributed by atoms with Gasteiger partial charge in [-0.15, -0.1) is 0 Å². The summed E-state index contributed by atoms with van der Waals surface area (Å²) in [6, 6.07) is 0. The lowest BCUT2D eigenvalue weighted by Gasteiger charge is -2.18. The summed E-state index contributed by atoms with van der Waals surface area (Å²) in [6.45, 7) is 7.89. The van der Waals surface area contributed by atoms with Crippen LogP contribution in [0.4, 0.5) is 0 Å². The topological polar surface area (TPSA) is 61.8 Å². The Labute approximate surface area is 451 Å². The highest BCUT2D eigenvalue weighted by Crippen LogP contribution is 2.18. The van der Waals surface area contributed by atoms with E-state index in [4.69, 9.17) is 14.2 Å². The average molecular weight is 1010 g/mol. The van der Waals surface area contributed by atoms with Crippen LogP contribution >= 0.6 is 0 Å². The molecule has 5 heteroatoms. The zero-order valence-corrected chi connectivity index (χ0v) is 49.2. The predicted molar refractivity (Wildman–Crippen MR) is 316 cm³/mol. The van der Waals surface area contributed by atoms with Gasteiger partial charge >= 0.3 is 11.9 Å². The summed E-state index contributed by atoms with van der Waals surface area (Å²) in [4.78, 5) is 25.6. The molecule has 0 fully saturated rings. The van der Waals surface area contributed by atoms with Crippen LogP contribution < -0.4 is 0 Å². The molecule has 0 heterocycles. The molecule has 0 rings (SSSR count). The standard InChI is InChI=1S/C67H128O5/c1-4-7-10-13-16-19-22-25-28-31-33-35-38-41-44-47-50-53-56-59-62-70-63-65(72-67(69)61-58-55-52-49-46-43-40-36-30-27-24-21-18-15-12-9-6-3)64-71-66(68)60-57-54-51-48-45-42-39-37-34-32-29-26-23-20-17-14-11-8-5-2/h18,21,27,30,65H,4-17,19-20,22-26,28-29,31-64H2,1-3H3/b21-18-,30-27-. The fourth-order valence-corrected chi connectivity index (χ4v) is 10.1. The van der Waals surface area contributed by atoms with Gasteiger partial charge in [0.25, 0.3) is 0 Å². The van der Waals surface area contributed by atoms with E-state index in [0.717, 1.165) is 44.9 Å². The molecule has 1 atom stereocenters. The van der Waals surface area contributed by atoms with Crippen molar-refractivity contribution in [3.05, 3.63) is 24.3 Å². The number of unbranched alkanes of at least 4 members (excludes halogenated alkanes) is 47. The zero-order chi connectivity index (χ0) is 52.0. The maximum absolute atomic E-state index is 12.9. The number of ether oxygens (including phenoxy) is 3. The van der Waals surface area contributed by atoms with Gasteiger partial charge in [-0.3, -0.25) is 9.59 Å². The Morgan fingerprint density at radius 1 is 0.306 bits per heavy atom. The average Bonchev–Trinajstić information content (AvgIpc) is 3.38. The Kier molecular flexibility index (Phi) is 62.2. The molecule has 5 nitrogen and oxygen atoms in total. The van der Waals surface area contributed by atoms with Crippen molar-refractivity contribution in [1.29, 1.82) is 0 Å². The molecular weight excluding hydrogens is 885 g/mol. The van der Waals surface area contributed by atoms with Crippen molar-refractivity contribution in [2.75, 3.05) is 19.8 Å². The largest absolute Gasteiger partial charge is 0.462 e. The SMILES string of the molecule is CCCCC/C=C\C/C=C\CCCCCCCCCC(=O)OC(COCCCCCCCCCCCCCCCCCCCCCC)COC(=O)CCCCCCCCCCCCCCCCCCCCC. The van der Waals surface area contributed by atoms with Crippen LogP contribution in [-0.4, -0.2) is 37.9 Å². The van der Waals surface area contributed by atoms with Crippen molar-refractivity contribution in [1.82, 2.24) is 0 Å². The summed E-state index contributed by atoms with van der Waals surface area (Å²) in [6.07, 6.45) is 77.9. The maximum Gasteiger partial charge on any atom is 0.306 e. The molecule has 0 spiro atoms. The Morgan fingerprint density at radius 2 is 0.583 bits per heavy atom. The molecule has 0 amide bonds. The van der Waals surface area contributed by atoms with Crippen molar-refractivity contribution >= 4 is 11.9 Å². The Balaban J connectivity index is 4.21. The van der Waals surface area contributed by atoms with E-state index in [9.17, 15) is 9.59 Å². The van der Waals surface area contributed by atoms with E-state index in [-0.39, 0.29) is 18.5 Å². The summed E-state index contributed by atoms with van der Waals surface area (Å²) in [5.74, 6) is -0.377. The molecule has 0 bridgehead atoms. The maximum atomic E-state index is 12.9. The summed E-state index contributed by atoms with van der Waals surface area (Å²) >= 11 is 0. The monoisotopic (exact) mass is 1010 g/mol. The first-order valence-electron chi connectivity index (χ1n) is 32.9. The first-order valence-corrected chi connectivity index (χ1v) is 32.9. The minimum atomic E-state index is -0.535. The van der Waals surface area contributed by atoms with Crippen LogP contribution in [0.1, 0.15) is 367 Å². The van der Waals surface area contributed by atoms with Gasteiger partial charge in [-0.1, -0.05) is 328 Å². The fourth-order valence-electron chi connectivity index (χ4n) is 10.1. The van der Waals surface area contributed by atoms with Gasteiger partial charge in [-0.05, 0) is 51.4 Å². The molecule has 0 N–H and O–H groups in total. The minimum Gasteiger partial charge on any atom is -0.462 e. The van der Waals surface area contributed by atoms with Crippen molar-refractivity contribution in [3.63, 3.8) is 0 Å². The van der Waals surface area contributed by atoms with Crippen LogP contribution in [0, 0.1) is 0 Å². The number of carbonyl (C=O) groups is 2. The Morgan fingerprint density at radius 3 is 0.944 bits per heavy atom. The predicted octanol–water partition coefficient (Wildman–Crippen LogP) is 22.7. The molecule has 0 aliphatic carbocycles. The third-order valence-electron chi connectivity index (χ3n) is 15.0. The summed E-state index contributed by atoms with van der Waals surface area (Å²) in [7, 11) is 0. The van der Waals surface area contributed by atoms with E-state index >= 15 is 0 Å². The second-order valence-corrected chi connectivity index (χ2v) is 22.4. The lowest BCUT2D eigenvalue weighted by atomic mass is 10.0. The van der Waals surface area contributed by atoms with Crippen LogP contribution in [0.2, 0.25) is 0 Å². The van der Waals surface area contributed by atoms with Crippen molar-refractivity contribution in [2.45, 2.75) is 374 Å². The number of hydrogen-bond donors (Lipinski definition) is 0. The van der Waals surface area contributed by atoms with Crippen molar-refractivity contribution < 1.29 is 23.8 Å². The third-order valence-corrected chi connectivity index (χ3v) is 15.0. The Bertz CT molecular complexity index is 1100. The van der Waals surface area contributed by atoms with E-state index in [1.807, 2.05) is 0 Å². The van der Waals surface area contributed by atoms with E-state index in [1.165, 1.54) is 289 Å². The van der Waals surface area contributed by atoms with Crippen molar-refractivity contribution in [3.8, 4) is 0 Å². The van der Waals surface area contributed by atoms with Gasteiger partial charge in [0.05, 0.1) is 6.61 Å². The van der Waals surface area contributed by atoms with Gasteiger partial charge in [-0.25, -0.2) is 0 Å². The third kappa shape index (κ3) is 60.9. The van der Waals surface area contributed by atoms with Gasteiger partial charge in [0.1, 0.15) is 6.61 Å². The molecule has 0 saturated heterocycles. The summed E-state index contributed by atoms with van der Waals surface area (Å²) < 4.78 is 17.6. The molecule has 0 aliphatic rings. The van der Waals surface area contributed by atoms with Gasteiger partial charge in [-0.2, -0.15) is 0 Å². The smallest absolute Gasteiger partial charge is 0.306 e. The highest BCUT2D eigenvalue weighted by molar-refractivity contribution is 5.70. The normalized spacial score (nSPS) is 12.2. The molecule has 0 aromatic rings. The molecule has 0 saturated carbocycles. The molecule has 0 aromatic heterocycles. The van der Waals surface area contributed by atoms with E-state index < -0.39 is 6.10 Å². The number of hydrogen-bond acceptors (Lipinski definition) is 5. The summed E-state index contributed by atoms with van der Waals surface area (Å²) in [5.41, 5.74) is 0. The lowest BCUT2D eigenvalue weighted by Crippen LogP contribution is -2.30. The first kappa shape index (κ1) is 70.4. The summed E-state index contributed by atoms with van der Waals surface area (Å²) in [5, 5.41) is 0. The van der Waals surface area contributed by atoms with Gasteiger partial charge in [0, 0.05) is 19.4 Å². The number of carbonyl (C=O) groups excluding carboxylic acids is 2. The van der Waals surface area contributed by atoms with E-state index in [1.54, 1.807) is 0 Å². The lowest BCUT2D eigenvalue weighted by molar-refractivity contribution is -0.163. The number of allylic oxidation sites excluding steroid dienone is 4. The minimum absolute atomic E-state index is 0.0912. The quantitative estimate of drug-likeness (QED) is 0.0345. The highest BCUT2D eigenvalue weighted by atomic mass is 16.6. The Hall–Kier alpha value is -1.62. The van der Waals surface area contributed by atoms with Crippen LogP contribution in [0.3, 0.4) is 0 Å². The van der Waals surface area contributed by atoms with Crippen LogP contribution in [0.5, 0.6) is 0 Å². The van der Waals surface area contributed by atoms with Gasteiger partial charge < -0.3 is 14.2 Å². The number of esters is 2. The van der Waals surface area contributed by atoms with Crippen LogP contribution in [0.25, 0.3) is 0 Å². The highest BCUT2D eigenvalue weighted by Gasteiger charge is 2.18. The molecule has 426 valence electrons. The fraction of sp³-hybridized carbons (Fsp3) is 0.910. The molecule has 0 radical (unpaired) electrons. The molecule has 0 aliphatic heterocycles.